The number of hydrogen-bond donors (Lipinski definition) is 1. The number of halogens is 2. The first-order valence-corrected chi connectivity index (χ1v) is 8.43. The lowest BCUT2D eigenvalue weighted by Crippen LogP contribution is -2.38. The number of hydrogen-bond acceptors (Lipinski definition) is 3. The Bertz CT molecular complexity index is 849. The van der Waals surface area contributed by atoms with Crippen molar-refractivity contribution in [1.82, 2.24) is 15.1 Å². The van der Waals surface area contributed by atoms with Crippen LogP contribution in [0.5, 0.6) is 0 Å². The molecule has 1 aromatic heterocycles. The van der Waals surface area contributed by atoms with Crippen LogP contribution in [0.15, 0.2) is 12.1 Å². The van der Waals surface area contributed by atoms with Gasteiger partial charge in [0.1, 0.15) is 11.6 Å². The minimum Gasteiger partial charge on any atom is -0.369 e. The first kappa shape index (κ1) is 16.2. The first-order chi connectivity index (χ1) is 12.0. The van der Waals surface area contributed by atoms with E-state index in [9.17, 15) is 13.6 Å². The lowest BCUT2D eigenvalue weighted by molar-refractivity contribution is -0.00702. The number of aromatic nitrogens is 2. The fourth-order valence-corrected chi connectivity index (χ4v) is 3.77. The van der Waals surface area contributed by atoms with Gasteiger partial charge in [0.05, 0.1) is 17.9 Å². The van der Waals surface area contributed by atoms with E-state index in [0.717, 1.165) is 23.4 Å². The number of ether oxygens (including phenoxy) is 1. The van der Waals surface area contributed by atoms with Gasteiger partial charge in [-0.25, -0.2) is 8.78 Å². The van der Waals surface area contributed by atoms with Gasteiger partial charge in [0.15, 0.2) is 5.69 Å². The number of amides is 1. The van der Waals surface area contributed by atoms with E-state index < -0.39 is 11.6 Å². The number of fused-ring (bicyclic) bond motifs is 2. The maximum absolute atomic E-state index is 14.1. The Hall–Kier alpha value is -2.28. The molecule has 7 heteroatoms. The number of rotatable bonds is 1. The number of benzene rings is 1. The highest BCUT2D eigenvalue weighted by atomic mass is 19.1. The largest absolute Gasteiger partial charge is 0.369 e. The number of nitrogens with one attached hydrogen (secondary N) is 1. The van der Waals surface area contributed by atoms with Crippen molar-refractivity contribution in [2.45, 2.75) is 45.4 Å². The van der Waals surface area contributed by atoms with Crippen LogP contribution in [0.1, 0.15) is 52.8 Å². The molecule has 4 rings (SSSR count). The monoisotopic (exact) mass is 347 g/mol. The van der Waals surface area contributed by atoms with E-state index in [1.807, 2.05) is 13.8 Å². The highest BCUT2D eigenvalue weighted by molar-refractivity contribution is 5.94. The third-order valence-electron chi connectivity index (χ3n) is 5.02. The molecule has 1 N–H and O–H groups in total. The summed E-state index contributed by atoms with van der Waals surface area (Å²) in [5.41, 5.74) is 2.66. The van der Waals surface area contributed by atoms with E-state index in [4.69, 9.17) is 4.74 Å². The third-order valence-corrected chi connectivity index (χ3v) is 5.02. The van der Waals surface area contributed by atoms with Crippen molar-refractivity contribution in [3.63, 3.8) is 0 Å². The van der Waals surface area contributed by atoms with E-state index in [1.165, 1.54) is 4.90 Å². The summed E-state index contributed by atoms with van der Waals surface area (Å²) in [7, 11) is 0. The molecule has 0 spiro atoms. The average Bonchev–Trinajstić information content (AvgIpc) is 3.01. The van der Waals surface area contributed by atoms with Gasteiger partial charge in [-0.1, -0.05) is 0 Å². The summed E-state index contributed by atoms with van der Waals surface area (Å²) in [6.07, 6.45) is 0.749. The van der Waals surface area contributed by atoms with E-state index >= 15 is 0 Å². The van der Waals surface area contributed by atoms with Gasteiger partial charge in [0, 0.05) is 30.6 Å². The molecule has 2 atom stereocenters. The average molecular weight is 347 g/mol. The summed E-state index contributed by atoms with van der Waals surface area (Å²) in [6.45, 7) is 4.27. The normalized spacial score (nSPS) is 22.5. The molecule has 0 radical (unpaired) electrons. The van der Waals surface area contributed by atoms with Crippen molar-refractivity contribution in [3.05, 3.63) is 51.8 Å². The molecule has 0 saturated heterocycles. The molecule has 25 heavy (non-hydrogen) atoms. The Morgan fingerprint density at radius 3 is 2.72 bits per heavy atom. The van der Waals surface area contributed by atoms with Crippen LogP contribution in [0.2, 0.25) is 0 Å². The number of aromatic amines is 1. The second-order valence-electron chi connectivity index (χ2n) is 6.72. The van der Waals surface area contributed by atoms with E-state index in [0.29, 0.717) is 30.6 Å². The maximum atomic E-state index is 14.1. The standard InChI is InChI=1S/C18H19F2N3O2/c1-9-7-12-16(10(2)25-9)21-22-17(12)18(24)23-6-5-11-13(8-23)15(20)4-3-14(11)19/h3-4,9-10H,5-8H2,1-2H3,(H,21,22)/t9-,10+/m1/s1. The molecule has 0 unspecified atom stereocenters. The summed E-state index contributed by atoms with van der Waals surface area (Å²) < 4.78 is 33.7. The minimum absolute atomic E-state index is 0.000252. The fourth-order valence-electron chi connectivity index (χ4n) is 3.77. The topological polar surface area (TPSA) is 58.2 Å². The molecule has 2 aromatic rings. The number of H-pyrrole nitrogens is 1. The molecule has 1 aromatic carbocycles. The lowest BCUT2D eigenvalue weighted by Gasteiger charge is -2.30. The van der Waals surface area contributed by atoms with Crippen LogP contribution < -0.4 is 0 Å². The summed E-state index contributed by atoms with van der Waals surface area (Å²) in [5.74, 6) is -1.15. The Morgan fingerprint density at radius 1 is 1.24 bits per heavy atom. The number of carbonyl (C=O) groups excluding carboxylic acids is 1. The molecular formula is C18H19F2N3O2. The molecule has 0 fully saturated rings. The Morgan fingerprint density at radius 2 is 1.96 bits per heavy atom. The second kappa shape index (κ2) is 5.91. The van der Waals surface area contributed by atoms with Gasteiger partial charge in [-0.3, -0.25) is 9.89 Å². The van der Waals surface area contributed by atoms with Crippen molar-refractivity contribution < 1.29 is 18.3 Å². The van der Waals surface area contributed by atoms with Gasteiger partial charge in [0.2, 0.25) is 0 Å². The van der Waals surface area contributed by atoms with Gasteiger partial charge in [-0.15, -0.1) is 0 Å². The molecule has 0 bridgehead atoms. The smallest absolute Gasteiger partial charge is 0.274 e. The van der Waals surface area contributed by atoms with Gasteiger partial charge in [-0.05, 0) is 38.0 Å². The van der Waals surface area contributed by atoms with Crippen molar-refractivity contribution in [1.29, 1.82) is 0 Å². The SMILES string of the molecule is C[C@@H]1Cc2c(C(=O)N3CCc4c(F)ccc(F)c4C3)n[nH]c2[C@H](C)O1. The summed E-state index contributed by atoms with van der Waals surface area (Å²) in [4.78, 5) is 14.5. The molecule has 2 aliphatic heterocycles. The molecule has 0 saturated carbocycles. The van der Waals surface area contributed by atoms with Gasteiger partial charge < -0.3 is 9.64 Å². The summed E-state index contributed by atoms with van der Waals surface area (Å²) in [5, 5.41) is 7.09. The van der Waals surface area contributed by atoms with Gasteiger partial charge in [-0.2, -0.15) is 5.10 Å². The zero-order valence-corrected chi connectivity index (χ0v) is 14.1. The molecule has 2 aliphatic rings. The predicted octanol–water partition coefficient (Wildman–Crippen LogP) is 2.91. The number of nitrogens with zero attached hydrogens (tertiary/aromatic N) is 2. The van der Waals surface area contributed by atoms with Crippen LogP contribution in [0.25, 0.3) is 0 Å². The molecule has 0 aliphatic carbocycles. The van der Waals surface area contributed by atoms with E-state index in [2.05, 4.69) is 10.2 Å². The zero-order chi connectivity index (χ0) is 17.7. The fraction of sp³-hybridized carbons (Fsp3) is 0.444. The summed E-state index contributed by atoms with van der Waals surface area (Å²) >= 11 is 0. The van der Waals surface area contributed by atoms with E-state index in [1.54, 1.807) is 0 Å². The van der Waals surface area contributed by atoms with Crippen LogP contribution in [0.4, 0.5) is 8.78 Å². The first-order valence-electron chi connectivity index (χ1n) is 8.43. The molecule has 132 valence electrons. The van der Waals surface area contributed by atoms with Crippen LogP contribution >= 0.6 is 0 Å². The molecule has 1 amide bonds. The molecule has 3 heterocycles. The van der Waals surface area contributed by atoms with Crippen molar-refractivity contribution in [3.8, 4) is 0 Å². The highest BCUT2D eigenvalue weighted by Crippen LogP contribution is 2.32. The van der Waals surface area contributed by atoms with Crippen molar-refractivity contribution >= 4 is 5.91 Å². The quantitative estimate of drug-likeness (QED) is 0.863. The third kappa shape index (κ3) is 2.63. The van der Waals surface area contributed by atoms with Crippen LogP contribution in [0, 0.1) is 11.6 Å². The van der Waals surface area contributed by atoms with Crippen LogP contribution in [-0.2, 0) is 24.1 Å². The maximum Gasteiger partial charge on any atom is 0.274 e. The van der Waals surface area contributed by atoms with Crippen LogP contribution in [0.3, 0.4) is 0 Å². The van der Waals surface area contributed by atoms with Gasteiger partial charge in [0.25, 0.3) is 5.91 Å². The number of carbonyl (C=O) groups is 1. The Kier molecular flexibility index (Phi) is 3.83. The minimum atomic E-state index is -0.478. The van der Waals surface area contributed by atoms with Crippen molar-refractivity contribution in [2.75, 3.05) is 6.54 Å². The predicted molar refractivity (Wildman–Crippen MR) is 86.1 cm³/mol. The zero-order valence-electron chi connectivity index (χ0n) is 14.1. The Labute approximate surface area is 144 Å². The van der Waals surface area contributed by atoms with E-state index in [-0.39, 0.29) is 30.2 Å². The summed E-state index contributed by atoms with van der Waals surface area (Å²) in [6, 6.07) is 2.25. The molecule has 5 nitrogen and oxygen atoms in total. The van der Waals surface area contributed by atoms with Crippen LogP contribution in [-0.4, -0.2) is 33.7 Å². The molecular weight excluding hydrogens is 328 g/mol. The Balaban J connectivity index is 1.64. The highest BCUT2D eigenvalue weighted by Gasteiger charge is 2.33. The lowest BCUT2D eigenvalue weighted by atomic mass is 9.96. The van der Waals surface area contributed by atoms with Crippen molar-refractivity contribution in [2.24, 2.45) is 0 Å². The second-order valence-corrected chi connectivity index (χ2v) is 6.72. The van der Waals surface area contributed by atoms with Gasteiger partial charge >= 0.3 is 0 Å².